The summed E-state index contributed by atoms with van der Waals surface area (Å²) in [6.45, 7) is 4.07. The van der Waals surface area contributed by atoms with Crippen molar-refractivity contribution in [3.05, 3.63) is 11.6 Å². The predicted molar refractivity (Wildman–Crippen MR) is 45.5 cm³/mol. The molecule has 0 aromatic heterocycles. The summed E-state index contributed by atoms with van der Waals surface area (Å²) in [5.74, 6) is 0. The van der Waals surface area contributed by atoms with Crippen molar-refractivity contribution in [3.63, 3.8) is 0 Å². The number of thioether (sulfide) groups is 1. The predicted octanol–water partition coefficient (Wildman–Crippen LogP) is 2.33. The number of rotatable bonds is 3. The first-order valence-corrected chi connectivity index (χ1v) is 4.24. The van der Waals surface area contributed by atoms with Crippen LogP contribution in [0.5, 0.6) is 0 Å². The highest BCUT2D eigenvalue weighted by Gasteiger charge is 2.00. The minimum absolute atomic E-state index is 0.465. The molecule has 9 heavy (non-hydrogen) atoms. The SMILES string of the molecule is CC=C(C=N)C(C)SC. The Bertz CT molecular complexity index is 118. The van der Waals surface area contributed by atoms with Gasteiger partial charge in [-0.1, -0.05) is 6.08 Å². The fourth-order valence-corrected chi connectivity index (χ4v) is 1.05. The van der Waals surface area contributed by atoms with E-state index in [-0.39, 0.29) is 0 Å². The van der Waals surface area contributed by atoms with E-state index in [4.69, 9.17) is 5.41 Å². The monoisotopic (exact) mass is 143 g/mol. The lowest BCUT2D eigenvalue weighted by Crippen LogP contribution is -2.00. The van der Waals surface area contributed by atoms with Gasteiger partial charge >= 0.3 is 0 Å². The van der Waals surface area contributed by atoms with E-state index in [0.29, 0.717) is 5.25 Å². The minimum atomic E-state index is 0.465. The fraction of sp³-hybridized carbons (Fsp3) is 0.571. The Balaban J connectivity index is 3.95. The van der Waals surface area contributed by atoms with Crippen LogP contribution in [0.25, 0.3) is 0 Å². The normalized spacial score (nSPS) is 15.2. The zero-order valence-corrected chi connectivity index (χ0v) is 6.96. The minimum Gasteiger partial charge on any atom is -0.308 e. The molecule has 0 aliphatic heterocycles. The standard InChI is InChI=1S/C7H13NS/c1-4-7(5-8)6(2)9-3/h4-6,8H,1-3H3. The molecule has 0 aliphatic rings. The van der Waals surface area contributed by atoms with E-state index < -0.39 is 0 Å². The Labute approximate surface area is 61.0 Å². The van der Waals surface area contributed by atoms with Gasteiger partial charge in [-0.2, -0.15) is 11.8 Å². The summed E-state index contributed by atoms with van der Waals surface area (Å²) >= 11 is 1.76. The van der Waals surface area contributed by atoms with Crippen LogP contribution in [0.1, 0.15) is 13.8 Å². The quantitative estimate of drug-likeness (QED) is 0.602. The zero-order chi connectivity index (χ0) is 7.28. The summed E-state index contributed by atoms with van der Waals surface area (Å²) < 4.78 is 0. The van der Waals surface area contributed by atoms with Crippen molar-refractivity contribution in [2.45, 2.75) is 19.1 Å². The summed E-state index contributed by atoms with van der Waals surface area (Å²) in [7, 11) is 0. The second-order valence-corrected chi connectivity index (χ2v) is 2.99. The maximum absolute atomic E-state index is 6.99. The average Bonchev–Trinajstić information content (AvgIpc) is 1.90. The van der Waals surface area contributed by atoms with Gasteiger partial charge in [-0.05, 0) is 25.7 Å². The van der Waals surface area contributed by atoms with Gasteiger partial charge < -0.3 is 5.41 Å². The molecule has 1 atom stereocenters. The highest BCUT2D eigenvalue weighted by Crippen LogP contribution is 2.13. The Hall–Kier alpha value is -0.240. The van der Waals surface area contributed by atoms with E-state index >= 15 is 0 Å². The maximum atomic E-state index is 6.99. The molecular formula is C7H13NS. The fourth-order valence-electron chi connectivity index (χ4n) is 0.571. The second kappa shape index (κ2) is 4.62. The van der Waals surface area contributed by atoms with E-state index in [9.17, 15) is 0 Å². The van der Waals surface area contributed by atoms with E-state index in [1.807, 2.05) is 13.0 Å². The van der Waals surface area contributed by atoms with Gasteiger partial charge in [0.15, 0.2) is 0 Å². The Morgan fingerprint density at radius 2 is 2.22 bits per heavy atom. The summed E-state index contributed by atoms with van der Waals surface area (Å²) in [6, 6.07) is 0. The highest BCUT2D eigenvalue weighted by molar-refractivity contribution is 7.99. The van der Waals surface area contributed by atoms with Crippen molar-refractivity contribution in [1.82, 2.24) is 0 Å². The van der Waals surface area contributed by atoms with E-state index in [0.717, 1.165) is 5.57 Å². The third-order valence-electron chi connectivity index (χ3n) is 1.32. The van der Waals surface area contributed by atoms with Gasteiger partial charge in [-0.3, -0.25) is 0 Å². The summed E-state index contributed by atoms with van der Waals surface area (Å²) in [5, 5.41) is 7.45. The third-order valence-corrected chi connectivity index (χ3v) is 2.30. The Kier molecular flexibility index (Phi) is 4.50. The molecular weight excluding hydrogens is 130 g/mol. The molecule has 0 heterocycles. The Morgan fingerprint density at radius 1 is 1.67 bits per heavy atom. The third kappa shape index (κ3) is 2.70. The summed E-state index contributed by atoms with van der Waals surface area (Å²) in [5.41, 5.74) is 1.10. The van der Waals surface area contributed by atoms with Crippen LogP contribution < -0.4 is 0 Å². The molecule has 0 aliphatic carbocycles. The van der Waals surface area contributed by atoms with Gasteiger partial charge in [0.1, 0.15) is 0 Å². The zero-order valence-electron chi connectivity index (χ0n) is 6.14. The molecule has 0 aromatic carbocycles. The lowest BCUT2D eigenvalue weighted by atomic mass is 10.2. The molecule has 0 aromatic rings. The van der Waals surface area contributed by atoms with E-state index in [2.05, 4.69) is 13.2 Å². The molecule has 0 bridgehead atoms. The van der Waals surface area contributed by atoms with Gasteiger partial charge in [0.2, 0.25) is 0 Å². The summed E-state index contributed by atoms with van der Waals surface area (Å²) in [4.78, 5) is 0. The Morgan fingerprint density at radius 3 is 2.33 bits per heavy atom. The van der Waals surface area contributed by atoms with Crippen LogP contribution >= 0.6 is 11.8 Å². The molecule has 0 saturated heterocycles. The smallest absolute Gasteiger partial charge is 0.0277 e. The number of nitrogens with one attached hydrogen (secondary N) is 1. The number of hydrogen-bond acceptors (Lipinski definition) is 2. The van der Waals surface area contributed by atoms with Crippen LogP contribution in [0.4, 0.5) is 0 Å². The molecule has 0 saturated carbocycles. The van der Waals surface area contributed by atoms with E-state index in [1.165, 1.54) is 6.21 Å². The van der Waals surface area contributed by atoms with Crippen molar-refractivity contribution in [2.75, 3.05) is 6.26 Å². The number of hydrogen-bond donors (Lipinski definition) is 1. The van der Waals surface area contributed by atoms with Crippen molar-refractivity contribution in [2.24, 2.45) is 0 Å². The van der Waals surface area contributed by atoms with Crippen LogP contribution in [0.3, 0.4) is 0 Å². The van der Waals surface area contributed by atoms with E-state index in [1.54, 1.807) is 11.8 Å². The van der Waals surface area contributed by atoms with Gasteiger partial charge in [0, 0.05) is 11.5 Å². The molecule has 1 nitrogen and oxygen atoms in total. The first-order valence-electron chi connectivity index (χ1n) is 2.95. The lowest BCUT2D eigenvalue weighted by molar-refractivity contribution is 1.19. The van der Waals surface area contributed by atoms with Gasteiger partial charge in [0.25, 0.3) is 0 Å². The van der Waals surface area contributed by atoms with Crippen molar-refractivity contribution < 1.29 is 0 Å². The lowest BCUT2D eigenvalue weighted by Gasteiger charge is -2.06. The van der Waals surface area contributed by atoms with Gasteiger partial charge in [-0.25, -0.2) is 0 Å². The molecule has 0 fully saturated rings. The molecule has 0 radical (unpaired) electrons. The molecule has 52 valence electrons. The second-order valence-electron chi connectivity index (χ2n) is 1.81. The molecule has 0 rings (SSSR count). The molecule has 0 spiro atoms. The molecule has 2 heteroatoms. The van der Waals surface area contributed by atoms with Crippen LogP contribution in [0, 0.1) is 5.41 Å². The average molecular weight is 143 g/mol. The summed E-state index contributed by atoms with van der Waals surface area (Å²) in [6.07, 6.45) is 5.45. The maximum Gasteiger partial charge on any atom is 0.0277 e. The van der Waals surface area contributed by atoms with Crippen LogP contribution in [-0.2, 0) is 0 Å². The van der Waals surface area contributed by atoms with Crippen molar-refractivity contribution in [3.8, 4) is 0 Å². The van der Waals surface area contributed by atoms with Crippen LogP contribution in [0.15, 0.2) is 11.6 Å². The molecule has 1 N–H and O–H groups in total. The van der Waals surface area contributed by atoms with Crippen molar-refractivity contribution >= 4 is 18.0 Å². The van der Waals surface area contributed by atoms with Crippen molar-refractivity contribution in [1.29, 1.82) is 5.41 Å². The van der Waals surface area contributed by atoms with Gasteiger partial charge in [-0.15, -0.1) is 0 Å². The largest absolute Gasteiger partial charge is 0.308 e. The van der Waals surface area contributed by atoms with Crippen LogP contribution in [-0.4, -0.2) is 17.7 Å². The first-order chi connectivity index (χ1) is 4.26. The molecule has 0 amide bonds. The van der Waals surface area contributed by atoms with Gasteiger partial charge in [0.05, 0.1) is 0 Å². The number of allylic oxidation sites excluding steroid dienone is 1. The van der Waals surface area contributed by atoms with Crippen LogP contribution in [0.2, 0.25) is 0 Å². The first kappa shape index (κ1) is 8.76. The molecule has 1 unspecified atom stereocenters. The topological polar surface area (TPSA) is 23.9 Å². The highest BCUT2D eigenvalue weighted by atomic mass is 32.2.